The third-order valence-electron chi connectivity index (χ3n) is 4.04. The molecular weight excluding hydrogens is 271 g/mol. The van der Waals surface area contributed by atoms with Gasteiger partial charge in [0, 0.05) is 17.5 Å². The van der Waals surface area contributed by atoms with Crippen molar-refractivity contribution in [1.82, 2.24) is 9.88 Å². The Hall–Kier alpha value is -1.26. The van der Waals surface area contributed by atoms with Crippen molar-refractivity contribution in [1.29, 1.82) is 0 Å². The largest absolute Gasteiger partial charge is 0.291 e. The number of hydrogen-bond donors (Lipinski definition) is 0. The van der Waals surface area contributed by atoms with Crippen LogP contribution in [0.25, 0.3) is 0 Å². The minimum Gasteiger partial charge on any atom is -0.291 e. The lowest BCUT2D eigenvalue weighted by atomic mass is 9.95. The van der Waals surface area contributed by atoms with Crippen LogP contribution in [0, 0.1) is 12.7 Å². The predicted octanol–water partition coefficient (Wildman–Crippen LogP) is 4.32. The number of hydrogen-bond acceptors (Lipinski definition) is 3. The summed E-state index contributed by atoms with van der Waals surface area (Å²) in [4.78, 5) is 8.12. The van der Waals surface area contributed by atoms with Gasteiger partial charge in [0.15, 0.2) is 0 Å². The number of halogens is 1. The van der Waals surface area contributed by atoms with Crippen molar-refractivity contribution in [3.05, 3.63) is 51.7 Å². The molecule has 1 atom stereocenters. The molecule has 1 fully saturated rings. The van der Waals surface area contributed by atoms with Crippen molar-refractivity contribution in [3.63, 3.8) is 0 Å². The van der Waals surface area contributed by atoms with E-state index in [2.05, 4.69) is 16.8 Å². The summed E-state index contributed by atoms with van der Waals surface area (Å²) in [6.45, 7) is 4.07. The van der Waals surface area contributed by atoms with Crippen LogP contribution in [0.2, 0.25) is 0 Å². The van der Waals surface area contributed by atoms with E-state index in [1.807, 2.05) is 17.6 Å². The average Bonchev–Trinajstić information content (AvgIpc) is 2.85. The Bertz CT molecular complexity index is 581. The number of likely N-dealkylation sites (tertiary alicyclic amines) is 1. The second-order valence-electron chi connectivity index (χ2n) is 5.40. The first-order chi connectivity index (χ1) is 9.74. The van der Waals surface area contributed by atoms with E-state index in [0.29, 0.717) is 6.04 Å². The molecule has 0 spiro atoms. The molecule has 0 unspecified atom stereocenters. The molecular formula is C16H19FN2S. The van der Waals surface area contributed by atoms with Crippen molar-refractivity contribution in [2.75, 3.05) is 6.54 Å². The minimum atomic E-state index is -0.137. The maximum absolute atomic E-state index is 13.5. The fraction of sp³-hybridized carbons (Fsp3) is 0.438. The Kier molecular flexibility index (Phi) is 4.13. The molecule has 0 radical (unpaired) electrons. The molecule has 2 nitrogen and oxygen atoms in total. The van der Waals surface area contributed by atoms with Crippen LogP contribution < -0.4 is 0 Å². The van der Waals surface area contributed by atoms with Gasteiger partial charge in [-0.05, 0) is 44.0 Å². The highest BCUT2D eigenvalue weighted by Gasteiger charge is 2.25. The maximum Gasteiger partial charge on any atom is 0.123 e. The molecule has 1 aliphatic rings. The Labute approximate surface area is 123 Å². The molecule has 1 aromatic carbocycles. The third kappa shape index (κ3) is 2.91. The second-order valence-corrected chi connectivity index (χ2v) is 6.34. The molecule has 4 heteroatoms. The lowest BCUT2D eigenvalue weighted by Crippen LogP contribution is -2.32. The number of benzene rings is 1. The van der Waals surface area contributed by atoms with Gasteiger partial charge in [-0.25, -0.2) is 9.37 Å². The molecule has 0 saturated carbocycles. The van der Waals surface area contributed by atoms with Crippen LogP contribution in [0.4, 0.5) is 4.39 Å². The first kappa shape index (κ1) is 13.7. The SMILES string of the molecule is Cc1ncsc1CN1CCCC[C@@H]1c1cccc(F)c1. The second kappa shape index (κ2) is 6.02. The molecule has 0 amide bonds. The molecule has 0 N–H and O–H groups in total. The minimum absolute atomic E-state index is 0.137. The summed E-state index contributed by atoms with van der Waals surface area (Å²) in [5, 5.41) is 0. The highest BCUT2D eigenvalue weighted by atomic mass is 32.1. The highest BCUT2D eigenvalue weighted by molar-refractivity contribution is 7.09. The van der Waals surface area contributed by atoms with Gasteiger partial charge >= 0.3 is 0 Å². The van der Waals surface area contributed by atoms with Crippen LogP contribution in [0.3, 0.4) is 0 Å². The van der Waals surface area contributed by atoms with Gasteiger partial charge < -0.3 is 0 Å². The third-order valence-corrected chi connectivity index (χ3v) is 4.96. The van der Waals surface area contributed by atoms with Gasteiger partial charge in [0.25, 0.3) is 0 Å². The zero-order valence-corrected chi connectivity index (χ0v) is 12.5. The number of thiazole rings is 1. The first-order valence-corrected chi connectivity index (χ1v) is 8.00. The molecule has 1 saturated heterocycles. The monoisotopic (exact) mass is 290 g/mol. The Morgan fingerprint density at radius 2 is 2.30 bits per heavy atom. The molecule has 20 heavy (non-hydrogen) atoms. The summed E-state index contributed by atoms with van der Waals surface area (Å²) in [6, 6.07) is 7.40. The van der Waals surface area contributed by atoms with Crippen molar-refractivity contribution in [2.24, 2.45) is 0 Å². The van der Waals surface area contributed by atoms with Gasteiger partial charge in [0.1, 0.15) is 5.82 Å². The first-order valence-electron chi connectivity index (χ1n) is 7.12. The Morgan fingerprint density at radius 3 is 3.05 bits per heavy atom. The predicted molar refractivity (Wildman–Crippen MR) is 80.3 cm³/mol. The number of aromatic nitrogens is 1. The smallest absolute Gasteiger partial charge is 0.123 e. The zero-order chi connectivity index (χ0) is 13.9. The molecule has 3 rings (SSSR count). The van der Waals surface area contributed by atoms with Crippen LogP contribution in [0.1, 0.15) is 41.4 Å². The molecule has 1 aliphatic heterocycles. The lowest BCUT2D eigenvalue weighted by molar-refractivity contribution is 0.141. The summed E-state index contributed by atoms with van der Waals surface area (Å²) in [7, 11) is 0. The van der Waals surface area contributed by atoms with Gasteiger partial charge in [-0.15, -0.1) is 11.3 Å². The number of aryl methyl sites for hydroxylation is 1. The molecule has 106 valence electrons. The van der Waals surface area contributed by atoms with Crippen LogP contribution in [-0.4, -0.2) is 16.4 Å². The fourth-order valence-electron chi connectivity index (χ4n) is 2.93. The molecule has 2 aromatic rings. The van der Waals surface area contributed by atoms with E-state index in [4.69, 9.17) is 0 Å². The summed E-state index contributed by atoms with van der Waals surface area (Å²) in [5.74, 6) is -0.137. The van der Waals surface area contributed by atoms with E-state index in [1.165, 1.54) is 23.8 Å². The number of nitrogens with zero attached hydrogens (tertiary/aromatic N) is 2. The van der Waals surface area contributed by atoms with Gasteiger partial charge in [-0.2, -0.15) is 0 Å². The summed E-state index contributed by atoms with van der Waals surface area (Å²) < 4.78 is 13.5. The zero-order valence-electron chi connectivity index (χ0n) is 11.7. The summed E-state index contributed by atoms with van der Waals surface area (Å²) in [5.41, 5.74) is 4.14. The van der Waals surface area contributed by atoms with Crippen LogP contribution in [0.5, 0.6) is 0 Å². The standard InChI is InChI=1S/C16H19FN2S/c1-12-16(20-11-18-12)10-19-8-3-2-7-15(19)13-5-4-6-14(17)9-13/h4-6,9,11,15H,2-3,7-8,10H2,1H3/t15-/m1/s1. The van der Waals surface area contributed by atoms with Gasteiger partial charge in [0.2, 0.25) is 0 Å². The van der Waals surface area contributed by atoms with E-state index in [0.717, 1.165) is 30.8 Å². The van der Waals surface area contributed by atoms with Gasteiger partial charge in [-0.1, -0.05) is 18.6 Å². The fourth-order valence-corrected chi connectivity index (χ4v) is 3.74. The van der Waals surface area contributed by atoms with E-state index in [1.54, 1.807) is 17.4 Å². The van der Waals surface area contributed by atoms with Crippen molar-refractivity contribution < 1.29 is 4.39 Å². The Morgan fingerprint density at radius 1 is 1.40 bits per heavy atom. The van der Waals surface area contributed by atoms with E-state index < -0.39 is 0 Å². The van der Waals surface area contributed by atoms with E-state index in [9.17, 15) is 4.39 Å². The van der Waals surface area contributed by atoms with Crippen LogP contribution in [-0.2, 0) is 6.54 Å². The van der Waals surface area contributed by atoms with Gasteiger partial charge in [0.05, 0.1) is 11.2 Å². The van der Waals surface area contributed by atoms with Crippen LogP contribution >= 0.6 is 11.3 Å². The molecule has 0 bridgehead atoms. The van der Waals surface area contributed by atoms with Gasteiger partial charge in [-0.3, -0.25) is 4.90 Å². The van der Waals surface area contributed by atoms with E-state index >= 15 is 0 Å². The molecule has 1 aromatic heterocycles. The highest BCUT2D eigenvalue weighted by Crippen LogP contribution is 2.33. The molecule has 2 heterocycles. The summed E-state index contributed by atoms with van der Waals surface area (Å²) in [6.07, 6.45) is 3.56. The normalized spacial score (nSPS) is 20.2. The van der Waals surface area contributed by atoms with Crippen molar-refractivity contribution in [3.8, 4) is 0 Å². The number of piperidine rings is 1. The van der Waals surface area contributed by atoms with Crippen LogP contribution in [0.15, 0.2) is 29.8 Å². The number of rotatable bonds is 3. The topological polar surface area (TPSA) is 16.1 Å². The van der Waals surface area contributed by atoms with E-state index in [-0.39, 0.29) is 5.82 Å². The molecule has 0 aliphatic carbocycles. The van der Waals surface area contributed by atoms with Crippen molar-refractivity contribution >= 4 is 11.3 Å². The lowest BCUT2D eigenvalue weighted by Gasteiger charge is -2.35. The Balaban J connectivity index is 1.82. The van der Waals surface area contributed by atoms with Crippen molar-refractivity contribution in [2.45, 2.75) is 38.8 Å². The quantitative estimate of drug-likeness (QED) is 0.837. The maximum atomic E-state index is 13.5. The average molecular weight is 290 g/mol. The summed E-state index contributed by atoms with van der Waals surface area (Å²) >= 11 is 1.72.